The molecule has 2 N–H and O–H groups in total. The van der Waals surface area contributed by atoms with Gasteiger partial charge in [0.25, 0.3) is 5.91 Å². The Kier molecular flexibility index (Phi) is 5.97. The number of nitrogens with one attached hydrogen (secondary N) is 2. The van der Waals surface area contributed by atoms with Crippen LogP contribution in [0.3, 0.4) is 0 Å². The minimum Gasteiger partial charge on any atom is -0.355 e. The predicted molar refractivity (Wildman–Crippen MR) is 104 cm³/mol. The van der Waals surface area contributed by atoms with E-state index in [0.29, 0.717) is 23.7 Å². The highest BCUT2D eigenvalue weighted by Crippen LogP contribution is 2.21. The SMILES string of the molecule is CNC(=O)c1ccc(/C=C/C(=O)N2CCCC2C(=O)Nc2nccs2)cc1. The number of hydrogen-bond acceptors (Lipinski definition) is 5. The number of likely N-dealkylation sites (tertiary alicyclic amines) is 1. The van der Waals surface area contributed by atoms with Crippen LogP contribution in [0.4, 0.5) is 5.13 Å². The molecule has 8 heteroatoms. The Morgan fingerprint density at radius 3 is 2.70 bits per heavy atom. The van der Waals surface area contributed by atoms with Crippen molar-refractivity contribution in [1.29, 1.82) is 0 Å². The van der Waals surface area contributed by atoms with Crippen molar-refractivity contribution in [3.63, 3.8) is 0 Å². The van der Waals surface area contributed by atoms with Gasteiger partial charge in [0, 0.05) is 36.8 Å². The summed E-state index contributed by atoms with van der Waals surface area (Å²) in [6.07, 6.45) is 6.19. The van der Waals surface area contributed by atoms with Gasteiger partial charge in [0.05, 0.1) is 0 Å². The quantitative estimate of drug-likeness (QED) is 0.773. The zero-order valence-corrected chi connectivity index (χ0v) is 15.7. The van der Waals surface area contributed by atoms with Gasteiger partial charge in [0.15, 0.2) is 5.13 Å². The van der Waals surface area contributed by atoms with Crippen LogP contribution in [-0.4, -0.2) is 47.2 Å². The van der Waals surface area contributed by atoms with Gasteiger partial charge >= 0.3 is 0 Å². The van der Waals surface area contributed by atoms with Crippen molar-refractivity contribution in [2.75, 3.05) is 18.9 Å². The number of rotatable bonds is 5. The Balaban J connectivity index is 1.63. The van der Waals surface area contributed by atoms with Crippen LogP contribution in [0.1, 0.15) is 28.8 Å². The molecule has 0 radical (unpaired) electrons. The molecule has 0 bridgehead atoms. The zero-order chi connectivity index (χ0) is 19.2. The lowest BCUT2D eigenvalue weighted by Gasteiger charge is -2.22. The summed E-state index contributed by atoms with van der Waals surface area (Å²) >= 11 is 1.34. The van der Waals surface area contributed by atoms with Gasteiger partial charge in [-0.05, 0) is 36.6 Å². The molecule has 2 aromatic rings. The number of carbonyl (C=O) groups is 3. The molecule has 140 valence electrons. The second-order valence-electron chi connectivity index (χ2n) is 6.05. The van der Waals surface area contributed by atoms with Gasteiger partial charge in [-0.1, -0.05) is 12.1 Å². The summed E-state index contributed by atoms with van der Waals surface area (Å²) in [5, 5.41) is 7.63. The van der Waals surface area contributed by atoms with Crippen LogP contribution < -0.4 is 10.6 Å². The van der Waals surface area contributed by atoms with Crippen LogP contribution in [0, 0.1) is 0 Å². The molecule has 3 amide bonds. The van der Waals surface area contributed by atoms with E-state index in [2.05, 4.69) is 15.6 Å². The summed E-state index contributed by atoms with van der Waals surface area (Å²) in [6, 6.07) is 6.45. The first-order chi connectivity index (χ1) is 13.1. The van der Waals surface area contributed by atoms with E-state index in [0.717, 1.165) is 12.0 Å². The summed E-state index contributed by atoms with van der Waals surface area (Å²) in [5.74, 6) is -0.575. The maximum atomic E-state index is 12.5. The van der Waals surface area contributed by atoms with Crippen molar-refractivity contribution < 1.29 is 14.4 Å². The summed E-state index contributed by atoms with van der Waals surface area (Å²) in [5.41, 5.74) is 1.36. The highest BCUT2D eigenvalue weighted by atomic mass is 32.1. The van der Waals surface area contributed by atoms with Crippen LogP contribution >= 0.6 is 11.3 Å². The molecular formula is C19H20N4O3S. The van der Waals surface area contributed by atoms with E-state index >= 15 is 0 Å². The van der Waals surface area contributed by atoms with Gasteiger partial charge in [-0.3, -0.25) is 14.4 Å². The van der Waals surface area contributed by atoms with E-state index < -0.39 is 6.04 Å². The molecule has 1 saturated heterocycles. The predicted octanol–water partition coefficient (Wildman–Crippen LogP) is 2.15. The van der Waals surface area contributed by atoms with Crippen LogP contribution in [0.5, 0.6) is 0 Å². The van der Waals surface area contributed by atoms with Crippen LogP contribution in [-0.2, 0) is 9.59 Å². The summed E-state index contributed by atoms with van der Waals surface area (Å²) < 4.78 is 0. The molecule has 3 rings (SSSR count). The van der Waals surface area contributed by atoms with Crippen molar-refractivity contribution >= 4 is 40.3 Å². The number of carbonyl (C=O) groups excluding carboxylic acids is 3. The van der Waals surface area contributed by atoms with E-state index in [1.807, 2.05) is 0 Å². The van der Waals surface area contributed by atoms with Crippen molar-refractivity contribution in [2.45, 2.75) is 18.9 Å². The van der Waals surface area contributed by atoms with E-state index in [4.69, 9.17) is 0 Å². The van der Waals surface area contributed by atoms with Crippen LogP contribution in [0.25, 0.3) is 6.08 Å². The van der Waals surface area contributed by atoms with Crippen LogP contribution in [0.2, 0.25) is 0 Å². The highest BCUT2D eigenvalue weighted by Gasteiger charge is 2.33. The maximum absolute atomic E-state index is 12.5. The Labute approximate surface area is 161 Å². The lowest BCUT2D eigenvalue weighted by Crippen LogP contribution is -2.42. The van der Waals surface area contributed by atoms with Gasteiger partial charge in [-0.25, -0.2) is 4.98 Å². The van der Waals surface area contributed by atoms with Crippen molar-refractivity contribution in [3.05, 3.63) is 53.0 Å². The Hall–Kier alpha value is -3.00. The fourth-order valence-corrected chi connectivity index (χ4v) is 3.46. The molecule has 1 aliphatic rings. The normalized spacial score (nSPS) is 16.5. The fraction of sp³-hybridized carbons (Fsp3) is 0.263. The second-order valence-corrected chi connectivity index (χ2v) is 6.95. The van der Waals surface area contributed by atoms with Gasteiger partial charge in [0.2, 0.25) is 11.8 Å². The van der Waals surface area contributed by atoms with Gasteiger partial charge in [-0.2, -0.15) is 0 Å². The second kappa shape index (κ2) is 8.59. The van der Waals surface area contributed by atoms with E-state index in [1.165, 1.54) is 17.4 Å². The Morgan fingerprint density at radius 2 is 2.04 bits per heavy atom. The number of benzene rings is 1. The van der Waals surface area contributed by atoms with Crippen molar-refractivity contribution in [1.82, 2.24) is 15.2 Å². The average Bonchev–Trinajstić information content (AvgIpc) is 3.37. The Bertz CT molecular complexity index is 846. The monoisotopic (exact) mass is 384 g/mol. The number of amides is 3. The van der Waals surface area contributed by atoms with E-state index in [1.54, 1.807) is 53.9 Å². The minimum absolute atomic E-state index is 0.159. The summed E-state index contributed by atoms with van der Waals surface area (Å²) in [7, 11) is 1.58. The number of anilines is 1. The third kappa shape index (κ3) is 4.59. The molecule has 1 aromatic heterocycles. The molecule has 7 nitrogen and oxygen atoms in total. The van der Waals surface area contributed by atoms with E-state index in [9.17, 15) is 14.4 Å². The van der Waals surface area contributed by atoms with Gasteiger partial charge in [-0.15, -0.1) is 11.3 Å². The molecule has 27 heavy (non-hydrogen) atoms. The van der Waals surface area contributed by atoms with Crippen molar-refractivity contribution in [2.24, 2.45) is 0 Å². The molecule has 1 aliphatic heterocycles. The summed E-state index contributed by atoms with van der Waals surface area (Å²) in [6.45, 7) is 0.550. The summed E-state index contributed by atoms with van der Waals surface area (Å²) in [4.78, 5) is 42.1. The topological polar surface area (TPSA) is 91.4 Å². The van der Waals surface area contributed by atoms with Gasteiger partial charge in [0.1, 0.15) is 6.04 Å². The Morgan fingerprint density at radius 1 is 1.26 bits per heavy atom. The first-order valence-electron chi connectivity index (χ1n) is 8.59. The third-order valence-corrected chi connectivity index (χ3v) is 5.01. The highest BCUT2D eigenvalue weighted by molar-refractivity contribution is 7.13. The average molecular weight is 384 g/mol. The molecule has 0 aliphatic carbocycles. The smallest absolute Gasteiger partial charge is 0.251 e. The molecule has 0 saturated carbocycles. The fourth-order valence-electron chi connectivity index (χ4n) is 2.93. The first-order valence-corrected chi connectivity index (χ1v) is 9.47. The van der Waals surface area contributed by atoms with Gasteiger partial charge < -0.3 is 15.5 Å². The zero-order valence-electron chi connectivity index (χ0n) is 14.8. The molecule has 1 atom stereocenters. The number of nitrogens with zero attached hydrogens (tertiary/aromatic N) is 2. The molecular weight excluding hydrogens is 364 g/mol. The maximum Gasteiger partial charge on any atom is 0.251 e. The molecule has 0 spiro atoms. The minimum atomic E-state index is -0.485. The standard InChI is InChI=1S/C19H20N4O3S/c1-20-17(25)14-7-4-13(5-8-14)6-9-16(24)23-11-2-3-15(23)18(26)22-19-21-10-12-27-19/h4-10,12,15H,2-3,11H2,1H3,(H,20,25)(H,21,22,26)/b9-6+. The van der Waals surface area contributed by atoms with Crippen LogP contribution in [0.15, 0.2) is 41.9 Å². The lowest BCUT2D eigenvalue weighted by molar-refractivity contribution is -0.132. The van der Waals surface area contributed by atoms with E-state index in [-0.39, 0.29) is 17.7 Å². The molecule has 1 unspecified atom stereocenters. The molecule has 1 aromatic carbocycles. The lowest BCUT2D eigenvalue weighted by atomic mass is 10.1. The number of thiazole rings is 1. The number of aromatic nitrogens is 1. The largest absolute Gasteiger partial charge is 0.355 e. The molecule has 2 heterocycles. The molecule has 1 fully saturated rings. The number of hydrogen-bond donors (Lipinski definition) is 2. The first kappa shape index (κ1) is 18.8. The third-order valence-electron chi connectivity index (χ3n) is 4.32. The van der Waals surface area contributed by atoms with Crippen molar-refractivity contribution in [3.8, 4) is 0 Å².